The van der Waals surface area contributed by atoms with E-state index in [1.54, 1.807) is 14.2 Å². The largest absolute Gasteiger partial charge is 0.497 e. The highest BCUT2D eigenvalue weighted by Crippen LogP contribution is 2.41. The summed E-state index contributed by atoms with van der Waals surface area (Å²) < 4.78 is 11.1. The van der Waals surface area contributed by atoms with Crippen molar-refractivity contribution in [3.8, 4) is 11.5 Å². The molecule has 1 aromatic carbocycles. The van der Waals surface area contributed by atoms with E-state index >= 15 is 0 Å². The summed E-state index contributed by atoms with van der Waals surface area (Å²) >= 11 is 0. The highest BCUT2D eigenvalue weighted by Gasteiger charge is 2.41. The van der Waals surface area contributed by atoms with Crippen LogP contribution in [0.25, 0.3) is 0 Å². The van der Waals surface area contributed by atoms with Gasteiger partial charge < -0.3 is 20.5 Å². The lowest BCUT2D eigenvalue weighted by Crippen LogP contribution is -2.46. The van der Waals surface area contributed by atoms with Gasteiger partial charge in [-0.3, -0.25) is 9.69 Å². The molecule has 2 bridgehead atoms. The molecule has 0 amide bonds. The Bertz CT molecular complexity index is 922. The summed E-state index contributed by atoms with van der Waals surface area (Å²) in [5, 5.41) is 3.69. The Morgan fingerprint density at radius 2 is 1.89 bits per heavy atom. The van der Waals surface area contributed by atoms with Crippen molar-refractivity contribution < 1.29 is 14.3 Å². The molecule has 3 N–H and O–H groups in total. The first kappa shape index (κ1) is 26.0. The van der Waals surface area contributed by atoms with Gasteiger partial charge in [-0.2, -0.15) is 0 Å². The molecule has 0 spiro atoms. The number of fused-ring (bicyclic) bond motifs is 3. The molecule has 4 atom stereocenters. The number of nitrogens with two attached hydrogens (primary N) is 1. The Hall–Kier alpha value is -2.05. The molecule has 3 aliphatic rings. The lowest BCUT2D eigenvalue weighted by atomic mass is 9.84. The molecule has 6 heteroatoms. The van der Waals surface area contributed by atoms with Crippen LogP contribution in [0.15, 0.2) is 23.9 Å². The SMILES string of the molecule is COc1cc2c(c(OC)c1)CC=C(C[C@@H]1C[C@H]3CC[C@@H](C1)N3CC(=O)CC[C@@H](N)C(C)(C)C)NC2. The van der Waals surface area contributed by atoms with E-state index in [1.807, 2.05) is 6.07 Å². The fourth-order valence-corrected chi connectivity index (χ4v) is 6.18. The van der Waals surface area contributed by atoms with Crippen molar-refractivity contribution in [1.82, 2.24) is 10.2 Å². The maximum absolute atomic E-state index is 12.8. The third kappa shape index (κ3) is 6.21. The fraction of sp³-hybridized carbons (Fsp3) is 0.690. The van der Waals surface area contributed by atoms with Gasteiger partial charge in [0.25, 0.3) is 0 Å². The van der Waals surface area contributed by atoms with Crippen molar-refractivity contribution in [2.45, 2.75) is 96.8 Å². The molecule has 2 fully saturated rings. The normalized spacial score (nSPS) is 25.2. The van der Waals surface area contributed by atoms with Gasteiger partial charge in [0, 0.05) is 48.4 Å². The summed E-state index contributed by atoms with van der Waals surface area (Å²) in [5.41, 5.74) is 10.2. The Kier molecular flexibility index (Phi) is 8.12. The molecule has 4 rings (SSSR count). The number of piperidine rings is 1. The minimum atomic E-state index is 0.0525. The molecule has 3 aliphatic heterocycles. The van der Waals surface area contributed by atoms with Gasteiger partial charge in [-0.1, -0.05) is 26.8 Å². The summed E-state index contributed by atoms with van der Waals surface area (Å²) in [6.45, 7) is 7.86. The number of Topliss-reactive ketones (excluding diaryl/α,β-unsaturated/α-hetero) is 1. The summed E-state index contributed by atoms with van der Waals surface area (Å²) in [6.07, 6.45) is 10.5. The van der Waals surface area contributed by atoms with Crippen molar-refractivity contribution in [1.29, 1.82) is 0 Å². The first-order valence-electron chi connectivity index (χ1n) is 13.4. The van der Waals surface area contributed by atoms with Gasteiger partial charge in [0.2, 0.25) is 0 Å². The monoisotopic (exact) mass is 483 g/mol. The number of hydrogen-bond acceptors (Lipinski definition) is 6. The molecular formula is C29H45N3O3. The average molecular weight is 484 g/mol. The van der Waals surface area contributed by atoms with E-state index in [9.17, 15) is 4.79 Å². The van der Waals surface area contributed by atoms with Crippen LogP contribution in [0.5, 0.6) is 11.5 Å². The number of carbonyl (C=O) groups excluding carboxylic acids is 1. The summed E-state index contributed by atoms with van der Waals surface area (Å²) in [4.78, 5) is 15.3. The van der Waals surface area contributed by atoms with Crippen LogP contribution in [0.2, 0.25) is 0 Å². The Morgan fingerprint density at radius 1 is 1.17 bits per heavy atom. The number of allylic oxidation sites excluding steroid dienone is 2. The second-order valence-electron chi connectivity index (χ2n) is 11.9. The standard InChI is InChI=1S/C29H45N3O3/c1-29(2,3)28(30)11-9-24(33)18-32-22-7-8-23(32)14-19(13-22)12-21-6-10-26-20(17-31-21)15-25(34-4)16-27(26)35-5/h6,15-16,19,22-23,28,31H,7-14,17-18,30H2,1-5H3/t19-,22-,23+,28-/m1/s1. The Labute approximate surface area is 211 Å². The molecule has 0 aliphatic carbocycles. The van der Waals surface area contributed by atoms with Crippen LogP contribution in [-0.2, 0) is 17.8 Å². The minimum Gasteiger partial charge on any atom is -0.497 e. The predicted octanol–water partition coefficient (Wildman–Crippen LogP) is 4.59. The summed E-state index contributed by atoms with van der Waals surface area (Å²) in [6, 6.07) is 5.26. The molecule has 194 valence electrons. The predicted molar refractivity (Wildman–Crippen MR) is 141 cm³/mol. The van der Waals surface area contributed by atoms with E-state index in [2.05, 4.69) is 43.1 Å². The minimum absolute atomic E-state index is 0.0525. The van der Waals surface area contributed by atoms with Crippen LogP contribution in [-0.4, -0.2) is 49.6 Å². The first-order valence-corrected chi connectivity index (χ1v) is 13.4. The molecule has 35 heavy (non-hydrogen) atoms. The molecule has 3 heterocycles. The van der Waals surface area contributed by atoms with Crippen molar-refractivity contribution in [3.63, 3.8) is 0 Å². The van der Waals surface area contributed by atoms with Crippen LogP contribution in [0.1, 0.15) is 76.8 Å². The second kappa shape index (κ2) is 10.9. The highest BCUT2D eigenvalue weighted by molar-refractivity contribution is 5.80. The van der Waals surface area contributed by atoms with Gasteiger partial charge in [0.15, 0.2) is 0 Å². The Morgan fingerprint density at radius 3 is 2.51 bits per heavy atom. The quantitative estimate of drug-likeness (QED) is 0.535. The van der Waals surface area contributed by atoms with Gasteiger partial charge in [-0.25, -0.2) is 0 Å². The maximum atomic E-state index is 12.8. The van der Waals surface area contributed by atoms with Gasteiger partial charge >= 0.3 is 0 Å². The van der Waals surface area contributed by atoms with Crippen molar-refractivity contribution in [2.75, 3.05) is 20.8 Å². The average Bonchev–Trinajstić information content (AvgIpc) is 2.98. The van der Waals surface area contributed by atoms with E-state index < -0.39 is 0 Å². The zero-order valence-corrected chi connectivity index (χ0v) is 22.4. The number of hydrogen-bond donors (Lipinski definition) is 2. The number of rotatable bonds is 9. The number of carbonyl (C=O) groups is 1. The molecule has 0 aromatic heterocycles. The number of benzene rings is 1. The van der Waals surface area contributed by atoms with Crippen molar-refractivity contribution in [2.24, 2.45) is 17.1 Å². The molecular weight excluding hydrogens is 438 g/mol. The summed E-state index contributed by atoms with van der Waals surface area (Å²) in [7, 11) is 3.43. The molecule has 0 radical (unpaired) electrons. The molecule has 6 nitrogen and oxygen atoms in total. The lowest BCUT2D eigenvalue weighted by Gasteiger charge is -2.39. The molecule has 0 saturated carbocycles. The van der Waals surface area contributed by atoms with Gasteiger partial charge in [0.05, 0.1) is 20.8 Å². The second-order valence-corrected chi connectivity index (χ2v) is 11.9. The van der Waals surface area contributed by atoms with Crippen LogP contribution in [0, 0.1) is 11.3 Å². The highest BCUT2D eigenvalue weighted by atomic mass is 16.5. The van der Waals surface area contributed by atoms with Crippen molar-refractivity contribution in [3.05, 3.63) is 35.0 Å². The fourth-order valence-electron chi connectivity index (χ4n) is 6.18. The molecule has 0 unspecified atom stereocenters. The van der Waals surface area contributed by atoms with Gasteiger partial charge in [-0.05, 0) is 67.9 Å². The maximum Gasteiger partial charge on any atom is 0.146 e. The number of nitrogens with one attached hydrogen (secondary N) is 1. The van der Waals surface area contributed by atoms with E-state index in [1.165, 1.54) is 42.5 Å². The van der Waals surface area contributed by atoms with E-state index in [0.717, 1.165) is 37.3 Å². The van der Waals surface area contributed by atoms with E-state index in [-0.39, 0.29) is 11.5 Å². The zero-order valence-electron chi connectivity index (χ0n) is 22.4. The molecule has 2 saturated heterocycles. The number of ether oxygens (including phenoxy) is 2. The topological polar surface area (TPSA) is 76.8 Å². The zero-order chi connectivity index (χ0) is 25.2. The number of ketones is 1. The lowest BCUT2D eigenvalue weighted by molar-refractivity contribution is -0.121. The van der Waals surface area contributed by atoms with E-state index in [4.69, 9.17) is 15.2 Å². The molecule has 1 aromatic rings. The third-order valence-corrected chi connectivity index (χ3v) is 8.49. The number of nitrogens with zero attached hydrogens (tertiary/aromatic N) is 1. The third-order valence-electron chi connectivity index (χ3n) is 8.49. The van der Waals surface area contributed by atoms with Crippen LogP contribution in [0.4, 0.5) is 0 Å². The first-order chi connectivity index (χ1) is 16.7. The van der Waals surface area contributed by atoms with Crippen LogP contribution in [0.3, 0.4) is 0 Å². The smallest absolute Gasteiger partial charge is 0.146 e. The van der Waals surface area contributed by atoms with Crippen LogP contribution >= 0.6 is 0 Å². The van der Waals surface area contributed by atoms with E-state index in [0.29, 0.717) is 36.8 Å². The Balaban J connectivity index is 1.31. The number of methoxy groups -OCH3 is 2. The van der Waals surface area contributed by atoms with Crippen molar-refractivity contribution >= 4 is 5.78 Å². The van der Waals surface area contributed by atoms with Crippen LogP contribution < -0.4 is 20.5 Å². The van der Waals surface area contributed by atoms with Gasteiger partial charge in [-0.15, -0.1) is 0 Å². The summed E-state index contributed by atoms with van der Waals surface area (Å²) in [5.74, 6) is 2.77. The van der Waals surface area contributed by atoms with Gasteiger partial charge in [0.1, 0.15) is 17.3 Å².